The predicted molar refractivity (Wildman–Crippen MR) is 130 cm³/mol. The summed E-state index contributed by atoms with van der Waals surface area (Å²) in [5.74, 6) is -0.351. The molecule has 3 aromatic rings. The molecule has 2 aliphatic carbocycles. The van der Waals surface area contributed by atoms with Gasteiger partial charge < -0.3 is 10.2 Å². The number of carbonyl (C=O) groups is 2. The molecule has 2 aliphatic rings. The summed E-state index contributed by atoms with van der Waals surface area (Å²) in [6.45, 7) is -0.122. The second kappa shape index (κ2) is 10.6. The number of aromatic nitrogens is 4. The quantitative estimate of drug-likeness (QED) is 0.507. The monoisotopic (exact) mass is 496 g/mol. The highest BCUT2D eigenvalue weighted by Gasteiger charge is 2.39. The Balaban J connectivity index is 1.40. The van der Waals surface area contributed by atoms with Gasteiger partial charge in [-0.3, -0.25) is 9.59 Å². The van der Waals surface area contributed by atoms with E-state index in [9.17, 15) is 14.0 Å². The largest absolute Gasteiger partial charge is 0.351 e. The van der Waals surface area contributed by atoms with E-state index in [0.717, 1.165) is 56.2 Å². The Kier molecular flexibility index (Phi) is 7.17. The second-order valence-corrected chi connectivity index (χ2v) is 10.3. The third-order valence-corrected chi connectivity index (χ3v) is 7.80. The Hall–Kier alpha value is -3.14. The van der Waals surface area contributed by atoms with Crippen molar-refractivity contribution in [3.05, 3.63) is 52.5 Å². The predicted octanol–water partition coefficient (Wildman–Crippen LogP) is 4.11. The highest BCUT2D eigenvalue weighted by molar-refractivity contribution is 7.10. The summed E-state index contributed by atoms with van der Waals surface area (Å²) in [5.41, 5.74) is 0.616. The van der Waals surface area contributed by atoms with E-state index in [4.69, 9.17) is 0 Å². The summed E-state index contributed by atoms with van der Waals surface area (Å²) in [5, 5.41) is 17.6. The lowest BCUT2D eigenvalue weighted by atomic mass is 10.1. The van der Waals surface area contributed by atoms with Crippen molar-refractivity contribution in [2.24, 2.45) is 0 Å². The van der Waals surface area contributed by atoms with Crippen LogP contribution in [0.5, 0.6) is 0 Å². The Morgan fingerprint density at radius 2 is 1.80 bits per heavy atom. The van der Waals surface area contributed by atoms with Crippen molar-refractivity contribution in [3.63, 3.8) is 0 Å². The van der Waals surface area contributed by atoms with Crippen molar-refractivity contribution in [3.8, 4) is 11.4 Å². The highest BCUT2D eigenvalue weighted by Crippen LogP contribution is 2.34. The molecular formula is C25H29FN6O2S. The molecule has 0 bridgehead atoms. The molecule has 1 atom stereocenters. The molecule has 5 rings (SSSR count). The average Bonchev–Trinajstić information content (AvgIpc) is 3.66. The van der Waals surface area contributed by atoms with Crippen molar-refractivity contribution in [1.82, 2.24) is 30.4 Å². The maximum absolute atomic E-state index is 13.7. The van der Waals surface area contributed by atoms with E-state index in [1.807, 2.05) is 17.5 Å². The van der Waals surface area contributed by atoms with Crippen LogP contribution in [0, 0.1) is 5.82 Å². The average molecular weight is 497 g/mol. The van der Waals surface area contributed by atoms with Gasteiger partial charge in [0.1, 0.15) is 18.4 Å². The molecule has 1 N–H and O–H groups in total. The first kappa shape index (κ1) is 23.6. The number of nitrogens with zero attached hydrogens (tertiary/aromatic N) is 5. The van der Waals surface area contributed by atoms with Crippen LogP contribution in [0.2, 0.25) is 0 Å². The van der Waals surface area contributed by atoms with E-state index in [2.05, 4.69) is 20.7 Å². The Morgan fingerprint density at radius 1 is 1.09 bits per heavy atom. The van der Waals surface area contributed by atoms with E-state index in [1.54, 1.807) is 17.0 Å². The minimum absolute atomic E-state index is 0.0102. The number of hydrogen-bond acceptors (Lipinski definition) is 6. The summed E-state index contributed by atoms with van der Waals surface area (Å²) in [4.78, 5) is 31.2. The number of rotatable bonds is 8. The zero-order valence-corrected chi connectivity index (χ0v) is 20.3. The fourth-order valence-corrected chi connectivity index (χ4v) is 5.98. The molecular weight excluding hydrogens is 467 g/mol. The highest BCUT2D eigenvalue weighted by atomic mass is 32.1. The van der Waals surface area contributed by atoms with Crippen LogP contribution in [0.3, 0.4) is 0 Å². The molecule has 10 heteroatoms. The number of halogens is 1. The van der Waals surface area contributed by atoms with Crippen LogP contribution in [-0.2, 0) is 16.1 Å². The van der Waals surface area contributed by atoms with Crippen LogP contribution in [0.15, 0.2) is 41.8 Å². The van der Waals surface area contributed by atoms with Gasteiger partial charge in [0, 0.05) is 22.5 Å². The molecule has 0 unspecified atom stereocenters. The molecule has 2 amide bonds. The number of carbonyl (C=O) groups excluding carboxylic acids is 2. The van der Waals surface area contributed by atoms with Gasteiger partial charge in [-0.15, -0.1) is 21.5 Å². The summed E-state index contributed by atoms with van der Waals surface area (Å²) in [7, 11) is 0. The Labute approximate surface area is 207 Å². The number of hydrogen-bond donors (Lipinski definition) is 1. The summed E-state index contributed by atoms with van der Waals surface area (Å²) >= 11 is 1.49. The van der Waals surface area contributed by atoms with Crippen molar-refractivity contribution >= 4 is 23.2 Å². The third kappa shape index (κ3) is 5.42. The smallest absolute Gasteiger partial charge is 0.248 e. The van der Waals surface area contributed by atoms with Crippen LogP contribution in [-0.4, -0.2) is 49.0 Å². The van der Waals surface area contributed by atoms with Gasteiger partial charge >= 0.3 is 0 Å². The molecule has 0 saturated heterocycles. The lowest BCUT2D eigenvalue weighted by Gasteiger charge is -2.35. The summed E-state index contributed by atoms with van der Waals surface area (Å²) in [6.07, 6.45) is 8.01. The first-order chi connectivity index (χ1) is 17.1. The van der Waals surface area contributed by atoms with E-state index >= 15 is 0 Å². The van der Waals surface area contributed by atoms with Gasteiger partial charge in [-0.05, 0) is 66.6 Å². The van der Waals surface area contributed by atoms with E-state index in [-0.39, 0.29) is 36.3 Å². The van der Waals surface area contributed by atoms with Gasteiger partial charge in [0.15, 0.2) is 0 Å². The summed E-state index contributed by atoms with van der Waals surface area (Å²) in [6, 6.07) is 9.14. The molecule has 35 heavy (non-hydrogen) atoms. The maximum Gasteiger partial charge on any atom is 0.248 e. The lowest BCUT2D eigenvalue weighted by molar-refractivity contribution is -0.144. The molecule has 2 aromatic heterocycles. The molecule has 2 fully saturated rings. The second-order valence-electron chi connectivity index (χ2n) is 9.30. The zero-order valence-electron chi connectivity index (χ0n) is 19.5. The van der Waals surface area contributed by atoms with Crippen LogP contribution in [0.25, 0.3) is 11.4 Å². The SMILES string of the molecule is O=C(NC1CCCC1)[C@H](c1cccs1)N(C(=O)Cn1nnc(-c2ccc(F)cc2)n1)C1CCCC1. The van der Waals surface area contributed by atoms with Crippen molar-refractivity contribution in [1.29, 1.82) is 0 Å². The van der Waals surface area contributed by atoms with Crippen LogP contribution >= 0.6 is 11.3 Å². The molecule has 0 spiro atoms. The minimum atomic E-state index is -0.675. The van der Waals surface area contributed by atoms with Gasteiger partial charge in [0.25, 0.3) is 0 Å². The van der Waals surface area contributed by atoms with E-state index in [0.29, 0.717) is 11.4 Å². The van der Waals surface area contributed by atoms with Gasteiger partial charge in [-0.1, -0.05) is 31.7 Å². The van der Waals surface area contributed by atoms with E-state index < -0.39 is 6.04 Å². The number of benzene rings is 1. The molecule has 0 radical (unpaired) electrons. The number of nitrogens with one attached hydrogen (secondary N) is 1. The van der Waals surface area contributed by atoms with Crippen LogP contribution in [0.1, 0.15) is 62.3 Å². The third-order valence-electron chi connectivity index (χ3n) is 6.88. The normalized spacial score (nSPS) is 17.5. The molecule has 8 nitrogen and oxygen atoms in total. The first-order valence-corrected chi connectivity index (χ1v) is 13.1. The molecule has 184 valence electrons. The number of thiophene rings is 1. The zero-order chi connectivity index (χ0) is 24.2. The van der Waals surface area contributed by atoms with Crippen molar-refractivity contribution in [2.45, 2.75) is 76.0 Å². The minimum Gasteiger partial charge on any atom is -0.351 e. The van der Waals surface area contributed by atoms with E-state index in [1.165, 1.54) is 28.3 Å². The number of tetrazole rings is 1. The Morgan fingerprint density at radius 3 is 2.49 bits per heavy atom. The fraction of sp³-hybridized carbons (Fsp3) is 0.480. The Bertz CT molecular complexity index is 1140. The van der Waals surface area contributed by atoms with Gasteiger partial charge in [0.05, 0.1) is 0 Å². The standard InChI is InChI=1S/C25H29FN6O2S/c26-18-13-11-17(12-14-18)24-28-30-31(29-24)16-22(33)32(20-8-3-4-9-20)23(21-10-5-15-35-21)25(34)27-19-6-1-2-7-19/h5,10-15,19-20,23H,1-4,6-9,16H2,(H,27,34)/t23-/m0/s1. The van der Waals surface area contributed by atoms with Crippen molar-refractivity contribution < 1.29 is 14.0 Å². The molecule has 2 heterocycles. The first-order valence-electron chi connectivity index (χ1n) is 12.3. The van der Waals surface area contributed by atoms with Gasteiger partial charge in [-0.25, -0.2) is 4.39 Å². The fourth-order valence-electron chi connectivity index (χ4n) is 5.16. The van der Waals surface area contributed by atoms with Crippen molar-refractivity contribution in [2.75, 3.05) is 0 Å². The van der Waals surface area contributed by atoms with Crippen LogP contribution < -0.4 is 5.32 Å². The van der Waals surface area contributed by atoms with Gasteiger partial charge in [-0.2, -0.15) is 4.80 Å². The molecule has 0 aliphatic heterocycles. The lowest BCUT2D eigenvalue weighted by Crippen LogP contribution is -2.50. The van der Waals surface area contributed by atoms with Crippen LogP contribution in [0.4, 0.5) is 4.39 Å². The molecule has 1 aromatic carbocycles. The number of amides is 2. The topological polar surface area (TPSA) is 93.0 Å². The summed E-state index contributed by atoms with van der Waals surface area (Å²) < 4.78 is 13.3. The molecule has 2 saturated carbocycles. The maximum atomic E-state index is 13.7. The van der Waals surface area contributed by atoms with Gasteiger partial charge in [0.2, 0.25) is 17.6 Å².